The van der Waals surface area contributed by atoms with Gasteiger partial charge in [0.1, 0.15) is 17.3 Å². The zero-order chi connectivity index (χ0) is 21.6. The van der Waals surface area contributed by atoms with Crippen LogP contribution in [-0.2, 0) is 16.8 Å². The second-order valence-corrected chi connectivity index (χ2v) is 9.25. The number of carbonyl (C=O) groups is 1. The summed E-state index contributed by atoms with van der Waals surface area (Å²) in [4.78, 5) is 22.2. The molecule has 0 bridgehead atoms. The van der Waals surface area contributed by atoms with E-state index in [0.29, 0.717) is 11.8 Å². The maximum atomic E-state index is 12.9. The zero-order valence-corrected chi connectivity index (χ0v) is 18.6. The maximum Gasteiger partial charge on any atom is 0.225 e. The predicted molar refractivity (Wildman–Crippen MR) is 115 cm³/mol. The predicted octanol–water partition coefficient (Wildman–Crippen LogP) is 2.14. The normalized spacial score (nSPS) is 26.0. The zero-order valence-electron chi connectivity index (χ0n) is 18.6. The fraction of sp³-hybridized carbons (Fsp3) is 0.609. The number of hydrogen-bond donors (Lipinski definition) is 1. The van der Waals surface area contributed by atoms with E-state index in [1.807, 2.05) is 19.1 Å². The maximum absolute atomic E-state index is 12.9. The summed E-state index contributed by atoms with van der Waals surface area (Å²) >= 11 is 0. The Morgan fingerprint density at radius 3 is 2.77 bits per heavy atom. The lowest BCUT2D eigenvalue weighted by Gasteiger charge is -2.41. The Hall–Kier alpha value is -2.61. The molecule has 3 heterocycles. The molecule has 1 saturated carbocycles. The highest BCUT2D eigenvalue weighted by atomic mass is 16.5. The smallest absolute Gasteiger partial charge is 0.225 e. The Bertz CT molecular complexity index is 972. The molecule has 2 atom stereocenters. The SMILES string of the molecule is COc1ccc(CN2CC[C@@]3(c4n[nH]c(C)n4)CN(C(=O)C4CC4)C[C@H]3C2)c(OC)c1. The van der Waals surface area contributed by atoms with E-state index >= 15 is 0 Å². The average molecular weight is 426 g/mol. The Balaban J connectivity index is 1.37. The molecule has 3 fully saturated rings. The third kappa shape index (κ3) is 3.67. The van der Waals surface area contributed by atoms with Crippen LogP contribution < -0.4 is 9.47 Å². The number of aromatic nitrogens is 3. The van der Waals surface area contributed by atoms with Crippen molar-refractivity contribution in [2.75, 3.05) is 40.4 Å². The van der Waals surface area contributed by atoms with E-state index in [2.05, 4.69) is 26.1 Å². The number of nitrogens with one attached hydrogen (secondary N) is 1. The quantitative estimate of drug-likeness (QED) is 0.764. The van der Waals surface area contributed by atoms with E-state index in [4.69, 9.17) is 14.5 Å². The molecule has 2 aliphatic heterocycles. The van der Waals surface area contributed by atoms with Crippen LogP contribution in [0, 0.1) is 18.8 Å². The second-order valence-electron chi connectivity index (χ2n) is 9.25. The molecule has 8 heteroatoms. The molecule has 1 aliphatic carbocycles. The summed E-state index contributed by atoms with van der Waals surface area (Å²) in [6, 6.07) is 6.00. The molecule has 1 aromatic carbocycles. The molecule has 0 radical (unpaired) electrons. The first-order valence-electron chi connectivity index (χ1n) is 11.1. The van der Waals surface area contributed by atoms with Crippen LogP contribution in [0.3, 0.4) is 0 Å². The number of likely N-dealkylation sites (tertiary alicyclic amines) is 2. The van der Waals surface area contributed by atoms with Gasteiger partial charge in [0.05, 0.1) is 19.6 Å². The van der Waals surface area contributed by atoms with Gasteiger partial charge < -0.3 is 14.4 Å². The number of aryl methyl sites for hydroxylation is 1. The van der Waals surface area contributed by atoms with Crippen LogP contribution in [0.5, 0.6) is 11.5 Å². The van der Waals surface area contributed by atoms with E-state index in [0.717, 1.165) is 80.7 Å². The van der Waals surface area contributed by atoms with Gasteiger partial charge in [0.25, 0.3) is 0 Å². The van der Waals surface area contributed by atoms with Crippen molar-refractivity contribution in [2.24, 2.45) is 11.8 Å². The van der Waals surface area contributed by atoms with Gasteiger partial charge in [-0.25, -0.2) is 4.98 Å². The van der Waals surface area contributed by atoms with Gasteiger partial charge in [-0.2, -0.15) is 5.10 Å². The second kappa shape index (κ2) is 7.82. The molecule has 2 saturated heterocycles. The number of benzene rings is 1. The van der Waals surface area contributed by atoms with Crippen molar-refractivity contribution < 1.29 is 14.3 Å². The molecule has 1 amide bonds. The van der Waals surface area contributed by atoms with Crippen LogP contribution in [-0.4, -0.2) is 71.3 Å². The third-order valence-electron chi connectivity index (χ3n) is 7.22. The van der Waals surface area contributed by atoms with Gasteiger partial charge in [0, 0.05) is 49.6 Å². The number of piperidine rings is 1. The minimum Gasteiger partial charge on any atom is -0.497 e. The van der Waals surface area contributed by atoms with Gasteiger partial charge in [0.15, 0.2) is 5.82 Å². The molecule has 5 rings (SSSR count). The topological polar surface area (TPSA) is 83.6 Å². The lowest BCUT2D eigenvalue weighted by molar-refractivity contribution is -0.131. The highest BCUT2D eigenvalue weighted by Gasteiger charge is 2.55. The van der Waals surface area contributed by atoms with Crippen molar-refractivity contribution in [1.82, 2.24) is 25.0 Å². The number of rotatable bonds is 6. The molecule has 1 aromatic heterocycles. The first-order valence-corrected chi connectivity index (χ1v) is 11.1. The first kappa shape index (κ1) is 20.3. The summed E-state index contributed by atoms with van der Waals surface area (Å²) in [7, 11) is 3.36. The fourth-order valence-electron chi connectivity index (χ4n) is 5.31. The molecule has 1 N–H and O–H groups in total. The van der Waals surface area contributed by atoms with E-state index in [9.17, 15) is 4.79 Å². The molecule has 166 valence electrons. The molecule has 2 aromatic rings. The number of ether oxygens (including phenoxy) is 2. The molecule has 8 nitrogen and oxygen atoms in total. The lowest BCUT2D eigenvalue weighted by atomic mass is 9.72. The summed E-state index contributed by atoms with van der Waals surface area (Å²) in [5.41, 5.74) is 0.990. The Morgan fingerprint density at radius 1 is 1.26 bits per heavy atom. The summed E-state index contributed by atoms with van der Waals surface area (Å²) in [5.74, 6) is 4.24. The number of carbonyl (C=O) groups excluding carboxylic acids is 1. The highest BCUT2D eigenvalue weighted by molar-refractivity contribution is 5.81. The van der Waals surface area contributed by atoms with Crippen LogP contribution in [0.15, 0.2) is 18.2 Å². The number of hydrogen-bond acceptors (Lipinski definition) is 6. The van der Waals surface area contributed by atoms with Gasteiger partial charge in [-0.15, -0.1) is 0 Å². The van der Waals surface area contributed by atoms with Gasteiger partial charge in [-0.05, 0) is 38.8 Å². The van der Waals surface area contributed by atoms with Crippen LogP contribution in [0.1, 0.15) is 36.5 Å². The molecular weight excluding hydrogens is 394 g/mol. The van der Waals surface area contributed by atoms with Crippen molar-refractivity contribution in [2.45, 2.75) is 38.1 Å². The number of aromatic amines is 1. The van der Waals surface area contributed by atoms with Crippen LogP contribution in [0.25, 0.3) is 0 Å². The summed E-state index contributed by atoms with van der Waals surface area (Å²) in [5, 5.41) is 7.58. The van der Waals surface area contributed by atoms with Crippen molar-refractivity contribution in [3.05, 3.63) is 35.4 Å². The molecule has 3 aliphatic rings. The monoisotopic (exact) mass is 425 g/mol. The van der Waals surface area contributed by atoms with Gasteiger partial charge in [-0.1, -0.05) is 6.07 Å². The van der Waals surface area contributed by atoms with Gasteiger partial charge in [0.2, 0.25) is 5.91 Å². The van der Waals surface area contributed by atoms with Crippen LogP contribution in [0.4, 0.5) is 0 Å². The number of nitrogens with zero attached hydrogens (tertiary/aromatic N) is 4. The highest BCUT2D eigenvalue weighted by Crippen LogP contribution is 2.46. The van der Waals surface area contributed by atoms with Crippen molar-refractivity contribution in [3.8, 4) is 11.5 Å². The Morgan fingerprint density at radius 2 is 2.10 bits per heavy atom. The number of methoxy groups -OCH3 is 2. The number of fused-ring (bicyclic) bond motifs is 1. The van der Waals surface area contributed by atoms with Crippen LogP contribution in [0.2, 0.25) is 0 Å². The van der Waals surface area contributed by atoms with Gasteiger partial charge in [-0.3, -0.25) is 14.8 Å². The van der Waals surface area contributed by atoms with E-state index in [1.54, 1.807) is 14.2 Å². The standard InChI is InChI=1S/C23H31N5O3/c1-15-24-22(26-25-15)23-8-9-27(11-17-6-7-19(30-2)10-20(17)31-3)12-18(23)13-28(14-23)21(29)16-4-5-16/h6-7,10,16,18H,4-5,8-9,11-14H2,1-3H3,(H,24,25,26)/t18-,23-/m1/s1. The molecule has 0 unspecified atom stereocenters. The number of amides is 1. The summed E-state index contributed by atoms with van der Waals surface area (Å²) < 4.78 is 10.9. The Kier molecular flexibility index (Phi) is 5.12. The lowest BCUT2D eigenvalue weighted by Crippen LogP contribution is -2.49. The molecular formula is C23H31N5O3. The van der Waals surface area contributed by atoms with Crippen molar-refractivity contribution >= 4 is 5.91 Å². The van der Waals surface area contributed by atoms with Crippen molar-refractivity contribution in [1.29, 1.82) is 0 Å². The minimum atomic E-state index is -0.157. The Labute approximate surface area is 182 Å². The van der Waals surface area contributed by atoms with E-state index in [1.165, 1.54) is 0 Å². The fourth-order valence-corrected chi connectivity index (χ4v) is 5.31. The molecule has 31 heavy (non-hydrogen) atoms. The van der Waals surface area contributed by atoms with Crippen LogP contribution >= 0.6 is 0 Å². The third-order valence-corrected chi connectivity index (χ3v) is 7.22. The number of H-pyrrole nitrogens is 1. The van der Waals surface area contributed by atoms with Gasteiger partial charge >= 0.3 is 0 Å². The molecule has 0 spiro atoms. The minimum absolute atomic E-state index is 0.157. The summed E-state index contributed by atoms with van der Waals surface area (Å²) in [6.45, 7) is 6.13. The summed E-state index contributed by atoms with van der Waals surface area (Å²) in [6.07, 6.45) is 3.02. The van der Waals surface area contributed by atoms with Crippen molar-refractivity contribution in [3.63, 3.8) is 0 Å². The first-order chi connectivity index (χ1) is 15.0. The average Bonchev–Trinajstić information content (AvgIpc) is 3.42. The largest absolute Gasteiger partial charge is 0.497 e. The van der Waals surface area contributed by atoms with E-state index in [-0.39, 0.29) is 11.3 Å². The van der Waals surface area contributed by atoms with E-state index < -0.39 is 0 Å².